The molecule has 0 aromatic heterocycles. The predicted octanol–water partition coefficient (Wildman–Crippen LogP) is 0.236. The van der Waals surface area contributed by atoms with Crippen molar-refractivity contribution in [2.75, 3.05) is 6.61 Å². The summed E-state index contributed by atoms with van der Waals surface area (Å²) in [6.45, 7) is 1.55. The third-order valence-corrected chi connectivity index (χ3v) is 3.77. The number of carbonyl (C=O) groups excluding carboxylic acids is 2. The molecular formula is C17H21NO7. The Bertz CT molecular complexity index is 686. The Balaban J connectivity index is 2.34. The lowest BCUT2D eigenvalue weighted by Gasteiger charge is -2.19. The van der Waals surface area contributed by atoms with Crippen LogP contribution in [0.25, 0.3) is 0 Å². The lowest BCUT2D eigenvalue weighted by molar-refractivity contribution is -0.128. The van der Waals surface area contributed by atoms with E-state index in [0.717, 1.165) is 12.1 Å². The van der Waals surface area contributed by atoms with Crippen molar-refractivity contribution in [3.8, 4) is 17.2 Å². The van der Waals surface area contributed by atoms with Gasteiger partial charge in [-0.3, -0.25) is 9.59 Å². The number of aliphatic hydroxyl groups excluding tert-OH is 2. The Morgan fingerprint density at radius 1 is 1.20 bits per heavy atom. The van der Waals surface area contributed by atoms with Gasteiger partial charge in [-0.25, -0.2) is 0 Å². The molecule has 2 rings (SSSR count). The van der Waals surface area contributed by atoms with Crippen molar-refractivity contribution in [1.29, 1.82) is 0 Å². The van der Waals surface area contributed by atoms with Crippen LogP contribution in [-0.2, 0) is 4.79 Å². The van der Waals surface area contributed by atoms with Gasteiger partial charge in [0.1, 0.15) is 28.9 Å². The molecule has 0 saturated heterocycles. The third kappa shape index (κ3) is 4.71. The molecule has 1 aliphatic heterocycles. The van der Waals surface area contributed by atoms with Gasteiger partial charge in [0.15, 0.2) is 5.78 Å². The smallest absolute Gasteiger partial charge is 0.259 e. The van der Waals surface area contributed by atoms with Crippen molar-refractivity contribution in [3.63, 3.8) is 0 Å². The number of carbonyl (C=O) groups is 2. The first-order chi connectivity index (χ1) is 11.8. The van der Waals surface area contributed by atoms with Crippen molar-refractivity contribution >= 4 is 11.7 Å². The summed E-state index contributed by atoms with van der Waals surface area (Å²) in [6, 6.07) is 1.81. The summed E-state index contributed by atoms with van der Waals surface area (Å²) in [4.78, 5) is 24.1. The molecule has 0 unspecified atom stereocenters. The molecule has 5 N–H and O–H groups in total. The molecule has 8 nitrogen and oxygen atoms in total. The maximum absolute atomic E-state index is 12.4. The quantitative estimate of drug-likeness (QED) is 0.451. The van der Waals surface area contributed by atoms with Crippen LogP contribution >= 0.6 is 0 Å². The highest BCUT2D eigenvalue weighted by Gasteiger charge is 2.24. The van der Waals surface area contributed by atoms with E-state index >= 15 is 0 Å². The van der Waals surface area contributed by atoms with E-state index in [-0.39, 0.29) is 36.1 Å². The molecule has 25 heavy (non-hydrogen) atoms. The zero-order chi connectivity index (χ0) is 18.6. The van der Waals surface area contributed by atoms with E-state index in [1.807, 2.05) is 0 Å². The van der Waals surface area contributed by atoms with Gasteiger partial charge in [0.05, 0.1) is 12.7 Å². The van der Waals surface area contributed by atoms with Crippen LogP contribution in [-0.4, -0.2) is 57.0 Å². The number of hydrogen-bond acceptors (Lipinski definition) is 7. The zero-order valence-electron chi connectivity index (χ0n) is 13.7. The Labute approximate surface area is 144 Å². The van der Waals surface area contributed by atoms with Gasteiger partial charge in [-0.1, -0.05) is 6.08 Å². The van der Waals surface area contributed by atoms with E-state index in [0.29, 0.717) is 6.42 Å². The van der Waals surface area contributed by atoms with Gasteiger partial charge in [0.2, 0.25) is 0 Å². The second kappa shape index (κ2) is 8.00. The molecule has 0 saturated carbocycles. The monoisotopic (exact) mass is 351 g/mol. The topological polar surface area (TPSA) is 136 Å². The van der Waals surface area contributed by atoms with Gasteiger partial charge in [0, 0.05) is 24.6 Å². The Morgan fingerprint density at radius 3 is 2.64 bits per heavy atom. The number of phenols is 2. The summed E-state index contributed by atoms with van der Waals surface area (Å²) in [5.41, 5.74) is -0.142. The number of aliphatic hydroxyl groups is 2. The van der Waals surface area contributed by atoms with E-state index < -0.39 is 29.6 Å². The van der Waals surface area contributed by atoms with E-state index in [1.165, 1.54) is 12.1 Å². The number of hydrogen-bond donors (Lipinski definition) is 5. The number of phenolic OH excluding ortho intramolecular Hbond substituents is 2. The Kier molecular flexibility index (Phi) is 6.00. The Morgan fingerprint density at radius 2 is 1.92 bits per heavy atom. The van der Waals surface area contributed by atoms with Gasteiger partial charge in [-0.05, 0) is 19.4 Å². The van der Waals surface area contributed by atoms with Gasteiger partial charge in [-0.15, -0.1) is 0 Å². The van der Waals surface area contributed by atoms with Gasteiger partial charge in [-0.2, -0.15) is 0 Å². The molecule has 1 aliphatic rings. The summed E-state index contributed by atoms with van der Waals surface area (Å²) < 4.78 is 5.37. The van der Waals surface area contributed by atoms with Gasteiger partial charge in [0.25, 0.3) is 5.91 Å². The average molecular weight is 351 g/mol. The average Bonchev–Trinajstić information content (AvgIpc) is 2.52. The molecule has 0 spiro atoms. The minimum atomic E-state index is -1.58. The van der Waals surface area contributed by atoms with E-state index in [4.69, 9.17) is 4.74 Å². The normalized spacial score (nSPS) is 26.8. The van der Waals surface area contributed by atoms with Crippen LogP contribution in [0.1, 0.15) is 30.1 Å². The van der Waals surface area contributed by atoms with Crippen LogP contribution in [0.15, 0.2) is 24.3 Å². The van der Waals surface area contributed by atoms with Crippen LogP contribution in [0.3, 0.4) is 0 Å². The van der Waals surface area contributed by atoms with Crippen LogP contribution in [0.2, 0.25) is 0 Å². The number of fused-ring (bicyclic) bond motifs is 1. The molecule has 136 valence electrons. The van der Waals surface area contributed by atoms with Crippen molar-refractivity contribution in [2.45, 2.75) is 38.0 Å². The summed E-state index contributed by atoms with van der Waals surface area (Å²) in [5, 5.41) is 41.9. The first kappa shape index (κ1) is 18.8. The number of aromatic hydroxyl groups is 2. The fourth-order valence-electron chi connectivity index (χ4n) is 2.41. The SMILES string of the molecule is C[C@H]1C/C=C\C(=O)[C@@H](O)[C@@H](O)CCOc2cc(O)cc(O)c2C(=O)N1. The summed E-state index contributed by atoms with van der Waals surface area (Å²) >= 11 is 0. The molecule has 1 aromatic rings. The molecular weight excluding hydrogens is 330 g/mol. The lowest BCUT2D eigenvalue weighted by atomic mass is 10.1. The highest BCUT2D eigenvalue weighted by Crippen LogP contribution is 2.33. The second-order valence-corrected chi connectivity index (χ2v) is 5.90. The molecule has 1 heterocycles. The number of benzene rings is 1. The molecule has 0 radical (unpaired) electrons. The number of nitrogens with one attached hydrogen (secondary N) is 1. The predicted molar refractivity (Wildman–Crippen MR) is 87.6 cm³/mol. The summed E-state index contributed by atoms with van der Waals surface area (Å²) in [5.74, 6) is -2.05. The maximum atomic E-state index is 12.4. The fraction of sp³-hybridized carbons (Fsp3) is 0.412. The minimum absolute atomic E-state index is 0.0668. The van der Waals surface area contributed by atoms with E-state index in [9.17, 15) is 30.0 Å². The largest absolute Gasteiger partial charge is 0.508 e. The molecule has 1 aromatic carbocycles. The highest BCUT2D eigenvalue weighted by molar-refractivity contribution is 6.00. The molecule has 0 bridgehead atoms. The molecule has 0 aliphatic carbocycles. The first-order valence-electron chi connectivity index (χ1n) is 7.85. The van der Waals surface area contributed by atoms with Crippen LogP contribution < -0.4 is 10.1 Å². The number of rotatable bonds is 0. The highest BCUT2D eigenvalue weighted by atomic mass is 16.5. The number of amides is 1. The summed E-state index contributed by atoms with van der Waals surface area (Å²) in [6.07, 6.45) is -0.0648. The number of ether oxygens (including phenoxy) is 1. The number of ketones is 1. The first-order valence-corrected chi connectivity index (χ1v) is 7.85. The minimum Gasteiger partial charge on any atom is -0.508 e. The van der Waals surface area contributed by atoms with Crippen LogP contribution in [0.4, 0.5) is 0 Å². The van der Waals surface area contributed by atoms with Crippen molar-refractivity contribution in [1.82, 2.24) is 5.32 Å². The molecule has 3 atom stereocenters. The third-order valence-electron chi connectivity index (χ3n) is 3.77. The van der Waals surface area contributed by atoms with E-state index in [2.05, 4.69) is 5.32 Å². The van der Waals surface area contributed by atoms with Crippen molar-refractivity contribution in [3.05, 3.63) is 29.8 Å². The Hall–Kier alpha value is -2.58. The van der Waals surface area contributed by atoms with E-state index in [1.54, 1.807) is 6.92 Å². The summed E-state index contributed by atoms with van der Waals surface area (Å²) in [7, 11) is 0. The van der Waals surface area contributed by atoms with Gasteiger partial charge < -0.3 is 30.5 Å². The lowest BCUT2D eigenvalue weighted by Crippen LogP contribution is -2.35. The molecule has 8 heteroatoms. The van der Waals surface area contributed by atoms with Crippen molar-refractivity contribution in [2.24, 2.45) is 0 Å². The second-order valence-electron chi connectivity index (χ2n) is 5.90. The maximum Gasteiger partial charge on any atom is 0.259 e. The van der Waals surface area contributed by atoms with Crippen LogP contribution in [0, 0.1) is 0 Å². The molecule has 0 fully saturated rings. The van der Waals surface area contributed by atoms with Gasteiger partial charge >= 0.3 is 0 Å². The fourth-order valence-corrected chi connectivity index (χ4v) is 2.41. The van der Waals surface area contributed by atoms with Crippen molar-refractivity contribution < 1.29 is 34.8 Å². The van der Waals surface area contributed by atoms with Crippen LogP contribution in [0.5, 0.6) is 17.2 Å². The zero-order valence-corrected chi connectivity index (χ0v) is 13.7. The molecule has 1 amide bonds. The standard InChI is InChI=1S/C17H21NO7/c1-9-3-2-4-11(20)16(23)12(21)5-6-25-14-8-10(19)7-13(22)15(14)17(24)18-9/h2,4,7-9,12,16,19,21-23H,3,5-6H2,1H3,(H,18,24)/b4-2-/t9-,12-,16+/m0/s1.